The Kier molecular flexibility index (Phi) is 6.60. The first-order valence-electron chi connectivity index (χ1n) is 9.65. The van der Waals surface area contributed by atoms with Crippen molar-refractivity contribution in [1.82, 2.24) is 9.71 Å². The van der Waals surface area contributed by atoms with Crippen LogP contribution in [0.4, 0.5) is 5.13 Å². The number of nitrogens with one attached hydrogen (secondary N) is 2. The highest BCUT2D eigenvalue weighted by Crippen LogP contribution is 2.32. The van der Waals surface area contributed by atoms with E-state index < -0.39 is 10.0 Å². The van der Waals surface area contributed by atoms with Crippen molar-refractivity contribution in [2.24, 2.45) is 5.92 Å². The quantitative estimate of drug-likeness (QED) is 0.686. The minimum Gasteiger partial charge on any atom is -0.494 e. The first kappa shape index (κ1) is 20.4. The average molecular weight is 412 g/mol. The summed E-state index contributed by atoms with van der Waals surface area (Å²) in [4.78, 5) is 4.68. The van der Waals surface area contributed by atoms with Gasteiger partial charge in [0.05, 0.1) is 22.1 Å². The van der Waals surface area contributed by atoms with Gasteiger partial charge < -0.3 is 10.1 Å². The number of anilines is 1. The Balaban J connectivity index is 1.51. The topological polar surface area (TPSA) is 80.3 Å². The second-order valence-electron chi connectivity index (χ2n) is 7.39. The Hall–Kier alpha value is -1.38. The minimum absolute atomic E-state index is 0.377. The Morgan fingerprint density at radius 1 is 1.26 bits per heavy atom. The molecule has 0 saturated heterocycles. The summed E-state index contributed by atoms with van der Waals surface area (Å²) < 4.78 is 33.2. The van der Waals surface area contributed by atoms with E-state index in [2.05, 4.69) is 15.0 Å². The maximum atomic E-state index is 11.9. The molecule has 0 aliphatic heterocycles. The van der Waals surface area contributed by atoms with Crippen molar-refractivity contribution < 1.29 is 13.2 Å². The average Bonchev–Trinajstić information content (AvgIpc) is 3.03. The molecule has 0 radical (unpaired) electrons. The van der Waals surface area contributed by atoms with Crippen molar-refractivity contribution >= 4 is 36.7 Å². The van der Waals surface area contributed by atoms with E-state index in [1.54, 1.807) is 25.2 Å². The van der Waals surface area contributed by atoms with Crippen LogP contribution in [0.15, 0.2) is 18.2 Å². The molecule has 0 amide bonds. The van der Waals surface area contributed by atoms with Gasteiger partial charge in [0.1, 0.15) is 5.75 Å². The molecule has 27 heavy (non-hydrogen) atoms. The number of benzene rings is 1. The predicted molar refractivity (Wildman–Crippen MR) is 112 cm³/mol. The molecular weight excluding hydrogens is 382 g/mol. The Morgan fingerprint density at radius 3 is 2.67 bits per heavy atom. The number of hydrogen-bond donors (Lipinski definition) is 2. The molecule has 1 heterocycles. The first-order valence-corrected chi connectivity index (χ1v) is 12.0. The molecule has 1 saturated carbocycles. The number of fused-ring (bicyclic) bond motifs is 1. The summed E-state index contributed by atoms with van der Waals surface area (Å²) in [6.45, 7) is 6.60. The minimum atomic E-state index is -3.17. The predicted octanol–water partition coefficient (Wildman–Crippen LogP) is 3.99. The van der Waals surface area contributed by atoms with Crippen molar-refractivity contribution in [3.05, 3.63) is 18.2 Å². The van der Waals surface area contributed by atoms with Gasteiger partial charge in [-0.3, -0.25) is 0 Å². The molecule has 1 aromatic carbocycles. The van der Waals surface area contributed by atoms with Gasteiger partial charge in [0.2, 0.25) is 10.0 Å². The van der Waals surface area contributed by atoms with Crippen molar-refractivity contribution in [2.45, 2.75) is 57.7 Å². The lowest BCUT2D eigenvalue weighted by molar-refractivity contribution is 0.337. The molecule has 1 aliphatic rings. The van der Waals surface area contributed by atoms with Gasteiger partial charge in [-0.05, 0) is 70.6 Å². The zero-order chi connectivity index (χ0) is 19.4. The number of ether oxygens (including phenoxy) is 1. The molecular formula is C19H29N3O3S2. The Morgan fingerprint density at radius 2 is 2.00 bits per heavy atom. The van der Waals surface area contributed by atoms with Gasteiger partial charge in [-0.1, -0.05) is 11.3 Å². The molecule has 8 heteroatoms. The van der Waals surface area contributed by atoms with Crippen LogP contribution < -0.4 is 14.8 Å². The highest BCUT2D eigenvalue weighted by atomic mass is 32.2. The lowest BCUT2D eigenvalue weighted by atomic mass is 9.86. The van der Waals surface area contributed by atoms with Crippen molar-refractivity contribution in [2.75, 3.05) is 18.5 Å². The monoisotopic (exact) mass is 411 g/mol. The summed E-state index contributed by atoms with van der Waals surface area (Å²) in [7, 11) is -3.17. The zero-order valence-electron chi connectivity index (χ0n) is 16.2. The SMILES string of the molecule is CCOc1ccc2nc(N[C@H]3CC[C@H](CNS(=O)(=O)C(C)C)CC3)sc2c1. The standard InChI is InChI=1S/C19H29N3O3S2/c1-4-25-16-9-10-17-18(11-16)26-19(22-17)21-15-7-5-14(6-8-15)12-20-27(23,24)13(2)3/h9-11,13-15,20H,4-8,12H2,1-3H3,(H,21,22)/t14-,15-. The van der Waals surface area contributed by atoms with Crippen LogP contribution in [0.2, 0.25) is 0 Å². The van der Waals surface area contributed by atoms with Crippen LogP contribution in [0.1, 0.15) is 46.5 Å². The number of hydrogen-bond acceptors (Lipinski definition) is 6. The molecule has 0 spiro atoms. The van der Waals surface area contributed by atoms with Crippen LogP contribution >= 0.6 is 11.3 Å². The van der Waals surface area contributed by atoms with Gasteiger partial charge in [0.25, 0.3) is 0 Å². The fourth-order valence-electron chi connectivity index (χ4n) is 3.31. The van der Waals surface area contributed by atoms with Crippen LogP contribution in [-0.4, -0.2) is 37.8 Å². The molecule has 2 N–H and O–H groups in total. The van der Waals surface area contributed by atoms with E-state index in [0.29, 0.717) is 25.1 Å². The summed E-state index contributed by atoms with van der Waals surface area (Å²) in [5, 5.41) is 4.13. The fraction of sp³-hybridized carbons (Fsp3) is 0.632. The molecule has 0 atom stereocenters. The lowest BCUT2D eigenvalue weighted by Gasteiger charge is -2.29. The molecule has 0 unspecified atom stereocenters. The van der Waals surface area contributed by atoms with Crippen LogP contribution in [0, 0.1) is 5.92 Å². The maximum absolute atomic E-state index is 11.9. The van der Waals surface area contributed by atoms with Gasteiger partial charge in [0, 0.05) is 12.6 Å². The number of sulfonamides is 1. The van der Waals surface area contributed by atoms with E-state index in [9.17, 15) is 8.42 Å². The van der Waals surface area contributed by atoms with E-state index in [1.165, 1.54) is 0 Å². The molecule has 1 fully saturated rings. The summed E-state index contributed by atoms with van der Waals surface area (Å²) >= 11 is 1.65. The summed E-state index contributed by atoms with van der Waals surface area (Å²) in [6, 6.07) is 6.40. The van der Waals surface area contributed by atoms with Gasteiger partial charge in [-0.25, -0.2) is 18.1 Å². The van der Waals surface area contributed by atoms with Crippen molar-refractivity contribution in [3.63, 3.8) is 0 Å². The molecule has 150 valence electrons. The fourth-order valence-corrected chi connectivity index (χ4v) is 5.08. The molecule has 1 aliphatic carbocycles. The van der Waals surface area contributed by atoms with E-state index >= 15 is 0 Å². The second kappa shape index (κ2) is 8.75. The molecule has 3 rings (SSSR count). The lowest BCUT2D eigenvalue weighted by Crippen LogP contribution is -2.37. The van der Waals surface area contributed by atoms with E-state index in [4.69, 9.17) is 4.74 Å². The van der Waals surface area contributed by atoms with Crippen molar-refractivity contribution in [1.29, 1.82) is 0 Å². The summed E-state index contributed by atoms with van der Waals surface area (Å²) in [5.41, 5.74) is 0.989. The van der Waals surface area contributed by atoms with Crippen molar-refractivity contribution in [3.8, 4) is 5.75 Å². The van der Waals surface area contributed by atoms with Gasteiger partial charge in [-0.15, -0.1) is 0 Å². The summed E-state index contributed by atoms with van der Waals surface area (Å²) in [5.74, 6) is 1.30. The smallest absolute Gasteiger partial charge is 0.213 e. The normalized spacial score (nSPS) is 20.9. The third-order valence-corrected chi connectivity index (χ3v) is 7.80. The van der Waals surface area contributed by atoms with Crippen LogP contribution in [0.3, 0.4) is 0 Å². The second-order valence-corrected chi connectivity index (χ2v) is 10.7. The van der Waals surface area contributed by atoms with Gasteiger partial charge >= 0.3 is 0 Å². The van der Waals surface area contributed by atoms with E-state index in [0.717, 1.165) is 46.8 Å². The number of aromatic nitrogens is 1. The van der Waals surface area contributed by atoms with Crippen LogP contribution in [-0.2, 0) is 10.0 Å². The third kappa shape index (κ3) is 5.33. The summed E-state index contributed by atoms with van der Waals surface area (Å²) in [6.07, 6.45) is 4.12. The van der Waals surface area contributed by atoms with Gasteiger partial charge in [0.15, 0.2) is 5.13 Å². The first-order chi connectivity index (χ1) is 12.9. The molecule has 2 aromatic rings. The molecule has 1 aromatic heterocycles. The third-order valence-electron chi connectivity index (χ3n) is 5.04. The van der Waals surface area contributed by atoms with Gasteiger partial charge in [-0.2, -0.15) is 0 Å². The van der Waals surface area contributed by atoms with E-state index in [1.807, 2.05) is 25.1 Å². The number of thiazole rings is 1. The van der Waals surface area contributed by atoms with Crippen LogP contribution in [0.5, 0.6) is 5.75 Å². The maximum Gasteiger partial charge on any atom is 0.213 e. The highest BCUT2D eigenvalue weighted by molar-refractivity contribution is 7.90. The van der Waals surface area contributed by atoms with Crippen LogP contribution in [0.25, 0.3) is 10.2 Å². The number of rotatable bonds is 8. The number of nitrogens with zero attached hydrogens (tertiary/aromatic N) is 1. The largest absolute Gasteiger partial charge is 0.494 e. The van der Waals surface area contributed by atoms with E-state index in [-0.39, 0.29) is 5.25 Å². The molecule has 0 bridgehead atoms. The molecule has 6 nitrogen and oxygen atoms in total. The zero-order valence-corrected chi connectivity index (χ0v) is 17.8. The highest BCUT2D eigenvalue weighted by Gasteiger charge is 2.24. The Labute approximate surface area is 165 Å². The Bertz CT molecular complexity index is 856.